The third-order valence-electron chi connectivity index (χ3n) is 1.22. The first-order valence-corrected chi connectivity index (χ1v) is 2.94. The van der Waals surface area contributed by atoms with Crippen LogP contribution in [0.5, 0.6) is 0 Å². The van der Waals surface area contributed by atoms with Gasteiger partial charge in [0, 0.05) is 5.92 Å². The zero-order chi connectivity index (χ0) is 7.28. The molecule has 1 unspecified atom stereocenters. The number of carbonyl (C=O) groups is 1. The standard InChI is InChI=1S/C8H12O/c1-4-5-8(6-9)7(2)3/h4,6,8H,1-2,5H2,3H3. The number of rotatable bonds is 4. The van der Waals surface area contributed by atoms with Crippen molar-refractivity contribution in [1.82, 2.24) is 0 Å². The summed E-state index contributed by atoms with van der Waals surface area (Å²) in [6, 6.07) is 0. The zero-order valence-electron chi connectivity index (χ0n) is 5.76. The van der Waals surface area contributed by atoms with Gasteiger partial charge < -0.3 is 4.79 Å². The summed E-state index contributed by atoms with van der Waals surface area (Å²) in [7, 11) is 0. The summed E-state index contributed by atoms with van der Waals surface area (Å²) in [6.45, 7) is 9.05. The van der Waals surface area contributed by atoms with Crippen LogP contribution in [0.1, 0.15) is 13.3 Å². The maximum absolute atomic E-state index is 10.2. The molecule has 1 heteroatoms. The van der Waals surface area contributed by atoms with Gasteiger partial charge >= 0.3 is 0 Å². The highest BCUT2D eigenvalue weighted by Crippen LogP contribution is 2.09. The van der Waals surface area contributed by atoms with Crippen molar-refractivity contribution in [3.05, 3.63) is 24.8 Å². The van der Waals surface area contributed by atoms with Crippen molar-refractivity contribution in [1.29, 1.82) is 0 Å². The molecule has 0 saturated heterocycles. The zero-order valence-corrected chi connectivity index (χ0v) is 5.76. The summed E-state index contributed by atoms with van der Waals surface area (Å²) in [5, 5.41) is 0. The van der Waals surface area contributed by atoms with Crippen LogP contribution in [-0.4, -0.2) is 6.29 Å². The molecule has 1 nitrogen and oxygen atoms in total. The van der Waals surface area contributed by atoms with Crippen molar-refractivity contribution in [3.63, 3.8) is 0 Å². The highest BCUT2D eigenvalue weighted by molar-refractivity contribution is 5.58. The predicted molar refractivity (Wildman–Crippen MR) is 39.2 cm³/mol. The van der Waals surface area contributed by atoms with E-state index in [1.807, 2.05) is 6.92 Å². The second-order valence-corrected chi connectivity index (χ2v) is 2.11. The van der Waals surface area contributed by atoms with Crippen LogP contribution >= 0.6 is 0 Å². The molecule has 0 aromatic rings. The summed E-state index contributed by atoms with van der Waals surface area (Å²) in [5.74, 6) is -0.0255. The van der Waals surface area contributed by atoms with Gasteiger partial charge in [0.05, 0.1) is 0 Å². The van der Waals surface area contributed by atoms with Crippen molar-refractivity contribution < 1.29 is 4.79 Å². The Morgan fingerprint density at radius 3 is 2.44 bits per heavy atom. The molecule has 0 heterocycles. The Morgan fingerprint density at radius 2 is 2.33 bits per heavy atom. The first-order chi connectivity index (χ1) is 4.22. The second-order valence-electron chi connectivity index (χ2n) is 2.11. The fourth-order valence-corrected chi connectivity index (χ4v) is 0.552. The van der Waals surface area contributed by atoms with Crippen molar-refractivity contribution in [2.45, 2.75) is 13.3 Å². The molecule has 0 aliphatic carbocycles. The molecular weight excluding hydrogens is 112 g/mol. The predicted octanol–water partition coefficient (Wildman–Crippen LogP) is 1.95. The summed E-state index contributed by atoms with van der Waals surface area (Å²) in [5.41, 5.74) is 0.907. The van der Waals surface area contributed by atoms with Crippen molar-refractivity contribution in [2.24, 2.45) is 5.92 Å². The fraction of sp³-hybridized carbons (Fsp3) is 0.375. The van der Waals surface area contributed by atoms with Crippen molar-refractivity contribution in [2.75, 3.05) is 0 Å². The maximum atomic E-state index is 10.2. The normalized spacial score (nSPS) is 12.1. The minimum atomic E-state index is -0.0255. The van der Waals surface area contributed by atoms with Crippen LogP contribution in [0.2, 0.25) is 0 Å². The third-order valence-corrected chi connectivity index (χ3v) is 1.22. The monoisotopic (exact) mass is 124 g/mol. The average Bonchev–Trinajstić information content (AvgIpc) is 1.82. The third kappa shape index (κ3) is 2.85. The molecule has 9 heavy (non-hydrogen) atoms. The Kier molecular flexibility index (Phi) is 3.69. The summed E-state index contributed by atoms with van der Waals surface area (Å²) in [4.78, 5) is 10.2. The molecule has 1 atom stereocenters. The number of hydrogen-bond acceptors (Lipinski definition) is 1. The molecule has 50 valence electrons. The highest BCUT2D eigenvalue weighted by atomic mass is 16.1. The topological polar surface area (TPSA) is 17.1 Å². The number of allylic oxidation sites excluding steroid dienone is 2. The van der Waals surface area contributed by atoms with Crippen molar-refractivity contribution >= 4 is 6.29 Å². The molecule has 0 radical (unpaired) electrons. The van der Waals surface area contributed by atoms with E-state index in [0.29, 0.717) is 6.42 Å². The van der Waals surface area contributed by atoms with Gasteiger partial charge in [-0.3, -0.25) is 0 Å². The average molecular weight is 124 g/mol. The lowest BCUT2D eigenvalue weighted by Crippen LogP contribution is -2.00. The van der Waals surface area contributed by atoms with Gasteiger partial charge in [-0.2, -0.15) is 0 Å². The SMILES string of the molecule is C=CCC(C=O)C(=C)C. The van der Waals surface area contributed by atoms with Gasteiger partial charge in [0.2, 0.25) is 0 Å². The summed E-state index contributed by atoms with van der Waals surface area (Å²) < 4.78 is 0. The molecule has 0 aliphatic heterocycles. The molecule has 0 amide bonds. The molecule has 0 N–H and O–H groups in total. The Morgan fingerprint density at radius 1 is 1.78 bits per heavy atom. The van der Waals surface area contributed by atoms with E-state index in [0.717, 1.165) is 11.9 Å². The van der Waals surface area contributed by atoms with Gasteiger partial charge in [0.15, 0.2) is 0 Å². The van der Waals surface area contributed by atoms with Gasteiger partial charge in [0.25, 0.3) is 0 Å². The number of hydrogen-bond donors (Lipinski definition) is 0. The van der Waals surface area contributed by atoms with Crippen LogP contribution in [0, 0.1) is 5.92 Å². The molecular formula is C8H12O. The lowest BCUT2D eigenvalue weighted by molar-refractivity contribution is -0.110. The van der Waals surface area contributed by atoms with Crippen LogP contribution in [-0.2, 0) is 4.79 Å². The van der Waals surface area contributed by atoms with E-state index >= 15 is 0 Å². The maximum Gasteiger partial charge on any atom is 0.127 e. The van der Waals surface area contributed by atoms with E-state index in [4.69, 9.17) is 0 Å². The Labute approximate surface area is 56.1 Å². The largest absolute Gasteiger partial charge is 0.303 e. The van der Waals surface area contributed by atoms with E-state index < -0.39 is 0 Å². The van der Waals surface area contributed by atoms with E-state index in [2.05, 4.69) is 13.2 Å². The lowest BCUT2D eigenvalue weighted by atomic mass is 10.0. The molecule has 0 aromatic heterocycles. The number of carbonyl (C=O) groups excluding carboxylic acids is 1. The van der Waals surface area contributed by atoms with Crippen LogP contribution in [0.15, 0.2) is 24.8 Å². The van der Waals surface area contributed by atoms with E-state index in [1.54, 1.807) is 6.08 Å². The van der Waals surface area contributed by atoms with Crippen LogP contribution in [0.3, 0.4) is 0 Å². The molecule has 0 aliphatic rings. The first-order valence-electron chi connectivity index (χ1n) is 2.94. The second kappa shape index (κ2) is 4.07. The minimum Gasteiger partial charge on any atom is -0.303 e. The van der Waals surface area contributed by atoms with Crippen LogP contribution in [0.25, 0.3) is 0 Å². The highest BCUT2D eigenvalue weighted by Gasteiger charge is 2.03. The van der Waals surface area contributed by atoms with Gasteiger partial charge in [-0.1, -0.05) is 18.2 Å². The van der Waals surface area contributed by atoms with Gasteiger partial charge in [-0.05, 0) is 13.3 Å². The molecule has 0 aromatic carbocycles. The molecule has 0 rings (SSSR count). The molecule has 0 spiro atoms. The number of aldehydes is 1. The van der Waals surface area contributed by atoms with Gasteiger partial charge in [-0.15, -0.1) is 6.58 Å². The quantitative estimate of drug-likeness (QED) is 0.413. The minimum absolute atomic E-state index is 0.0255. The molecule has 0 saturated carbocycles. The van der Waals surface area contributed by atoms with Gasteiger partial charge in [-0.25, -0.2) is 0 Å². The lowest BCUT2D eigenvalue weighted by Gasteiger charge is -2.03. The Balaban J connectivity index is 3.81. The smallest absolute Gasteiger partial charge is 0.127 e. The Bertz CT molecular complexity index is 125. The van der Waals surface area contributed by atoms with Crippen LogP contribution in [0.4, 0.5) is 0 Å². The molecule has 0 fully saturated rings. The summed E-state index contributed by atoms with van der Waals surface area (Å²) in [6.07, 6.45) is 3.34. The Hall–Kier alpha value is -0.850. The van der Waals surface area contributed by atoms with Crippen LogP contribution < -0.4 is 0 Å². The fourth-order valence-electron chi connectivity index (χ4n) is 0.552. The summed E-state index contributed by atoms with van der Waals surface area (Å²) >= 11 is 0. The van der Waals surface area contributed by atoms with E-state index in [9.17, 15) is 4.79 Å². The molecule has 0 bridgehead atoms. The van der Waals surface area contributed by atoms with Gasteiger partial charge in [0.1, 0.15) is 6.29 Å². The van der Waals surface area contributed by atoms with E-state index in [1.165, 1.54) is 0 Å². The first kappa shape index (κ1) is 8.15. The van der Waals surface area contributed by atoms with E-state index in [-0.39, 0.29) is 5.92 Å². The van der Waals surface area contributed by atoms with Crippen molar-refractivity contribution in [3.8, 4) is 0 Å².